The summed E-state index contributed by atoms with van der Waals surface area (Å²) < 4.78 is 4.93. The largest absolute Gasteiger partial charge is 0.480 e. The van der Waals surface area contributed by atoms with E-state index in [1.165, 1.54) is 11.2 Å². The van der Waals surface area contributed by atoms with Gasteiger partial charge in [0.1, 0.15) is 6.04 Å². The molecule has 2 heterocycles. The summed E-state index contributed by atoms with van der Waals surface area (Å²) in [7, 11) is 1.63. The van der Waals surface area contributed by atoms with Crippen molar-refractivity contribution in [3.05, 3.63) is 17.7 Å². The van der Waals surface area contributed by atoms with Gasteiger partial charge in [-0.2, -0.15) is 0 Å². The quantitative estimate of drug-likeness (QED) is 0.657. The topological polar surface area (TPSA) is 108 Å². The lowest BCUT2D eigenvalue weighted by molar-refractivity contribution is -0.142. The zero-order chi connectivity index (χ0) is 15.2. The number of carboxylic acids is 1. The molecule has 0 spiro atoms. The maximum atomic E-state index is 12.2. The van der Waals surface area contributed by atoms with Crippen molar-refractivity contribution in [3.8, 4) is 0 Å². The zero-order valence-electron chi connectivity index (χ0n) is 12.0. The molecule has 0 saturated carbocycles. The van der Waals surface area contributed by atoms with E-state index in [-0.39, 0.29) is 19.0 Å². The first-order chi connectivity index (χ1) is 10.1. The highest BCUT2D eigenvalue weighted by molar-refractivity contribution is 5.83. The van der Waals surface area contributed by atoms with Crippen LogP contribution in [0.5, 0.6) is 0 Å². The number of fused-ring (bicyclic) bond motifs is 1. The number of carboxylic acid groups (broad SMARTS) is 1. The first kappa shape index (κ1) is 15.3. The lowest BCUT2D eigenvalue weighted by Gasteiger charge is -2.32. The fourth-order valence-corrected chi connectivity index (χ4v) is 2.34. The second-order valence-corrected chi connectivity index (χ2v) is 4.95. The number of imidazole rings is 1. The summed E-state index contributed by atoms with van der Waals surface area (Å²) in [6, 6.07) is -1.24. The predicted molar refractivity (Wildman–Crippen MR) is 73.8 cm³/mol. The minimum Gasteiger partial charge on any atom is -0.480 e. The van der Waals surface area contributed by atoms with Crippen molar-refractivity contribution in [2.24, 2.45) is 0 Å². The highest BCUT2D eigenvalue weighted by atomic mass is 16.5. The first-order valence-corrected chi connectivity index (χ1v) is 6.90. The van der Waals surface area contributed by atoms with E-state index in [0.29, 0.717) is 18.8 Å². The van der Waals surface area contributed by atoms with Crippen LogP contribution in [0, 0.1) is 0 Å². The SMILES string of the molecule is COCCCCNC(=O)N1Cc2[nH]cnc2CC1C(=O)O. The van der Waals surface area contributed by atoms with Gasteiger partial charge in [0, 0.05) is 26.7 Å². The Labute approximate surface area is 122 Å². The van der Waals surface area contributed by atoms with E-state index < -0.39 is 12.0 Å². The summed E-state index contributed by atoms with van der Waals surface area (Å²) >= 11 is 0. The Kier molecular flexibility index (Phi) is 5.15. The molecule has 0 aromatic carbocycles. The number of ether oxygens (including phenoxy) is 1. The molecule has 0 aliphatic carbocycles. The summed E-state index contributed by atoms with van der Waals surface area (Å²) in [6.07, 6.45) is 3.39. The number of hydrogen-bond acceptors (Lipinski definition) is 4. The summed E-state index contributed by atoms with van der Waals surface area (Å²) in [5.74, 6) is -1.02. The van der Waals surface area contributed by atoms with Crippen LogP contribution in [0.3, 0.4) is 0 Å². The number of rotatable bonds is 6. The molecule has 3 N–H and O–H groups in total. The number of hydrogen-bond donors (Lipinski definition) is 3. The summed E-state index contributed by atoms with van der Waals surface area (Å²) in [4.78, 5) is 31.9. The Morgan fingerprint density at radius 1 is 1.57 bits per heavy atom. The van der Waals surface area contributed by atoms with Gasteiger partial charge in [-0.25, -0.2) is 14.6 Å². The van der Waals surface area contributed by atoms with Crippen LogP contribution in [0.4, 0.5) is 4.79 Å². The number of aliphatic carboxylic acids is 1. The number of amides is 2. The first-order valence-electron chi connectivity index (χ1n) is 6.90. The Morgan fingerprint density at radius 2 is 2.38 bits per heavy atom. The number of nitrogens with one attached hydrogen (secondary N) is 2. The molecule has 0 saturated heterocycles. The zero-order valence-corrected chi connectivity index (χ0v) is 12.0. The molecule has 1 aromatic heterocycles. The second-order valence-electron chi connectivity index (χ2n) is 4.95. The van der Waals surface area contributed by atoms with Crippen molar-refractivity contribution in [1.82, 2.24) is 20.2 Å². The molecular formula is C13H20N4O4. The van der Waals surface area contributed by atoms with E-state index >= 15 is 0 Å². The molecule has 1 aliphatic heterocycles. The maximum Gasteiger partial charge on any atom is 0.326 e. The minimum absolute atomic E-state index is 0.227. The third kappa shape index (κ3) is 3.72. The van der Waals surface area contributed by atoms with E-state index in [1.54, 1.807) is 7.11 Å². The van der Waals surface area contributed by atoms with Crippen LogP contribution in [-0.2, 0) is 22.5 Å². The standard InChI is InChI=1S/C13H20N4O4/c1-21-5-3-2-4-14-13(20)17-7-10-9(15-8-16-10)6-11(17)12(18)19/h8,11H,2-7H2,1H3,(H,14,20)(H,15,16)(H,18,19). The predicted octanol–water partition coefficient (Wildman–Crippen LogP) is 0.357. The van der Waals surface area contributed by atoms with E-state index in [2.05, 4.69) is 15.3 Å². The van der Waals surface area contributed by atoms with Gasteiger partial charge in [0.25, 0.3) is 0 Å². The fourth-order valence-electron chi connectivity index (χ4n) is 2.34. The molecule has 8 heteroatoms. The second kappa shape index (κ2) is 7.07. The Morgan fingerprint density at radius 3 is 3.10 bits per heavy atom. The van der Waals surface area contributed by atoms with Gasteiger partial charge in [-0.3, -0.25) is 0 Å². The van der Waals surface area contributed by atoms with Gasteiger partial charge in [0.05, 0.1) is 24.3 Å². The smallest absolute Gasteiger partial charge is 0.326 e. The van der Waals surface area contributed by atoms with E-state index in [0.717, 1.165) is 18.5 Å². The maximum absolute atomic E-state index is 12.2. The molecule has 116 valence electrons. The summed E-state index contributed by atoms with van der Waals surface area (Å²) in [6.45, 7) is 1.38. The fraction of sp³-hybridized carbons (Fsp3) is 0.615. The number of urea groups is 1. The van der Waals surface area contributed by atoms with Crippen molar-refractivity contribution in [2.75, 3.05) is 20.3 Å². The third-order valence-electron chi connectivity index (χ3n) is 3.50. The molecule has 1 atom stereocenters. The summed E-state index contributed by atoms with van der Waals surface area (Å²) in [5.41, 5.74) is 1.51. The lowest BCUT2D eigenvalue weighted by atomic mass is 10.0. The molecule has 2 rings (SSSR count). The van der Waals surface area contributed by atoms with E-state index in [4.69, 9.17) is 4.74 Å². The van der Waals surface area contributed by atoms with Crippen LogP contribution in [0.15, 0.2) is 6.33 Å². The minimum atomic E-state index is -1.02. The van der Waals surface area contributed by atoms with Crippen LogP contribution >= 0.6 is 0 Å². The highest BCUT2D eigenvalue weighted by Gasteiger charge is 2.35. The number of H-pyrrole nitrogens is 1. The van der Waals surface area contributed by atoms with Crippen LogP contribution in [-0.4, -0.2) is 58.3 Å². The third-order valence-corrected chi connectivity index (χ3v) is 3.50. The van der Waals surface area contributed by atoms with Crippen molar-refractivity contribution in [1.29, 1.82) is 0 Å². The average molecular weight is 296 g/mol. The average Bonchev–Trinajstić information content (AvgIpc) is 2.92. The molecule has 0 fully saturated rings. The number of nitrogens with zero attached hydrogens (tertiary/aromatic N) is 2. The number of carbonyl (C=O) groups excluding carboxylic acids is 1. The summed E-state index contributed by atoms with van der Waals surface area (Å²) in [5, 5.41) is 12.0. The van der Waals surface area contributed by atoms with Crippen molar-refractivity contribution >= 4 is 12.0 Å². The highest BCUT2D eigenvalue weighted by Crippen LogP contribution is 2.20. The number of methoxy groups -OCH3 is 1. The molecule has 0 bridgehead atoms. The molecule has 1 unspecified atom stereocenters. The van der Waals surface area contributed by atoms with E-state index in [9.17, 15) is 14.7 Å². The number of aromatic nitrogens is 2. The van der Waals surface area contributed by atoms with Gasteiger partial charge in [-0.05, 0) is 12.8 Å². The normalized spacial score (nSPS) is 17.4. The van der Waals surface area contributed by atoms with Gasteiger partial charge in [-0.15, -0.1) is 0 Å². The molecule has 0 radical (unpaired) electrons. The van der Waals surface area contributed by atoms with Crippen LogP contribution in [0.1, 0.15) is 24.2 Å². The molecular weight excluding hydrogens is 276 g/mol. The van der Waals surface area contributed by atoms with Crippen molar-refractivity contribution in [2.45, 2.75) is 31.8 Å². The number of carbonyl (C=O) groups is 2. The molecule has 1 aromatic rings. The lowest BCUT2D eigenvalue weighted by Crippen LogP contribution is -2.52. The Hall–Kier alpha value is -2.09. The van der Waals surface area contributed by atoms with Crippen LogP contribution < -0.4 is 5.32 Å². The Balaban J connectivity index is 1.93. The van der Waals surface area contributed by atoms with Crippen molar-refractivity contribution < 1.29 is 19.4 Å². The molecule has 2 amide bonds. The van der Waals surface area contributed by atoms with E-state index in [1.807, 2.05) is 0 Å². The molecule has 1 aliphatic rings. The van der Waals surface area contributed by atoms with Gasteiger partial charge in [0.2, 0.25) is 0 Å². The molecule has 8 nitrogen and oxygen atoms in total. The van der Waals surface area contributed by atoms with Gasteiger partial charge >= 0.3 is 12.0 Å². The number of unbranched alkanes of at least 4 members (excludes halogenated alkanes) is 1. The van der Waals surface area contributed by atoms with Gasteiger partial charge in [0.15, 0.2) is 0 Å². The van der Waals surface area contributed by atoms with Crippen LogP contribution in [0.2, 0.25) is 0 Å². The van der Waals surface area contributed by atoms with Crippen molar-refractivity contribution in [3.63, 3.8) is 0 Å². The van der Waals surface area contributed by atoms with Crippen LogP contribution in [0.25, 0.3) is 0 Å². The van der Waals surface area contributed by atoms with Gasteiger partial charge in [-0.1, -0.05) is 0 Å². The Bertz CT molecular complexity index is 502. The monoisotopic (exact) mass is 296 g/mol. The number of aromatic amines is 1. The van der Waals surface area contributed by atoms with Gasteiger partial charge < -0.3 is 25.0 Å². The molecule has 21 heavy (non-hydrogen) atoms.